The van der Waals surface area contributed by atoms with E-state index in [4.69, 9.17) is 22.0 Å². The zero-order valence-electron chi connectivity index (χ0n) is 10.8. The Kier molecular flexibility index (Phi) is 5.55. The Morgan fingerprint density at radius 3 is 2.74 bits per heavy atom. The normalized spacial score (nSPS) is 10.3. The maximum atomic E-state index is 10.9. The van der Waals surface area contributed by atoms with Crippen molar-refractivity contribution < 1.29 is 9.90 Å². The summed E-state index contributed by atoms with van der Waals surface area (Å²) in [5.74, 6) is -0.649. The highest BCUT2D eigenvalue weighted by atomic mass is 35.5. The third kappa shape index (κ3) is 4.39. The van der Waals surface area contributed by atoms with Crippen molar-refractivity contribution in [3.8, 4) is 6.07 Å². The molecule has 1 aromatic heterocycles. The van der Waals surface area contributed by atoms with Gasteiger partial charge in [-0.3, -0.25) is 4.79 Å². The molecule has 1 N–H and O–H groups in total. The van der Waals surface area contributed by atoms with E-state index in [9.17, 15) is 4.79 Å². The van der Waals surface area contributed by atoms with Gasteiger partial charge in [0.2, 0.25) is 0 Å². The monoisotopic (exact) mass is 282 g/mol. The molecule has 0 aliphatic rings. The van der Waals surface area contributed by atoms with Crippen LogP contribution in [0.4, 0.5) is 5.82 Å². The van der Waals surface area contributed by atoms with Gasteiger partial charge >= 0.3 is 5.97 Å². The lowest BCUT2D eigenvalue weighted by Gasteiger charge is -2.24. The van der Waals surface area contributed by atoms with Gasteiger partial charge in [0.25, 0.3) is 0 Å². The number of rotatable bonds is 6. The summed E-state index contributed by atoms with van der Waals surface area (Å²) in [6, 6.07) is 3.45. The molecule has 0 radical (unpaired) electrons. The van der Waals surface area contributed by atoms with E-state index < -0.39 is 5.97 Å². The Morgan fingerprint density at radius 2 is 2.21 bits per heavy atom. The standard InChI is InChI=1S/C12H15ClN4O2/c1-16(2)5-6-17(8-10(18)19)12-11(13)9(7-14)3-4-15-12/h3-4H,5-6,8H2,1-2H3,(H,18,19). The summed E-state index contributed by atoms with van der Waals surface area (Å²) in [6.07, 6.45) is 1.45. The molecule has 0 saturated carbocycles. The van der Waals surface area contributed by atoms with Crippen LogP contribution in [-0.4, -0.2) is 54.7 Å². The molecule has 0 aromatic carbocycles. The summed E-state index contributed by atoms with van der Waals surface area (Å²) in [5.41, 5.74) is 0.284. The third-order valence-electron chi connectivity index (χ3n) is 2.43. The summed E-state index contributed by atoms with van der Waals surface area (Å²) in [7, 11) is 3.78. The highest BCUT2D eigenvalue weighted by Crippen LogP contribution is 2.26. The lowest BCUT2D eigenvalue weighted by Crippen LogP contribution is -2.36. The summed E-state index contributed by atoms with van der Waals surface area (Å²) >= 11 is 6.07. The molecule has 0 bridgehead atoms. The van der Waals surface area contributed by atoms with Crippen LogP contribution in [0.25, 0.3) is 0 Å². The topological polar surface area (TPSA) is 80.5 Å². The highest BCUT2D eigenvalue weighted by Gasteiger charge is 2.17. The molecule has 0 fully saturated rings. The number of nitriles is 1. The molecule has 1 heterocycles. The largest absolute Gasteiger partial charge is 0.480 e. The van der Waals surface area contributed by atoms with Crippen molar-refractivity contribution in [2.24, 2.45) is 0 Å². The van der Waals surface area contributed by atoms with Crippen LogP contribution >= 0.6 is 11.6 Å². The first kappa shape index (κ1) is 15.2. The van der Waals surface area contributed by atoms with Crippen molar-refractivity contribution in [1.29, 1.82) is 5.26 Å². The van der Waals surface area contributed by atoms with Gasteiger partial charge in [0.05, 0.1) is 5.56 Å². The number of aromatic nitrogens is 1. The Balaban J connectivity index is 3.03. The molecule has 0 atom stereocenters. The zero-order chi connectivity index (χ0) is 14.4. The van der Waals surface area contributed by atoms with Gasteiger partial charge in [-0.1, -0.05) is 11.6 Å². The fraction of sp³-hybridized carbons (Fsp3) is 0.417. The Hall–Kier alpha value is -1.84. The van der Waals surface area contributed by atoms with E-state index in [0.29, 0.717) is 18.9 Å². The van der Waals surface area contributed by atoms with Gasteiger partial charge in [0, 0.05) is 19.3 Å². The molecule has 7 heteroatoms. The van der Waals surface area contributed by atoms with Gasteiger partial charge in [-0.05, 0) is 20.2 Å². The minimum Gasteiger partial charge on any atom is -0.480 e. The fourth-order valence-corrected chi connectivity index (χ4v) is 1.76. The van der Waals surface area contributed by atoms with Crippen molar-refractivity contribution in [3.05, 3.63) is 22.8 Å². The number of aliphatic carboxylic acids is 1. The van der Waals surface area contributed by atoms with E-state index >= 15 is 0 Å². The van der Waals surface area contributed by atoms with Crippen LogP contribution in [0.3, 0.4) is 0 Å². The molecule has 102 valence electrons. The van der Waals surface area contributed by atoms with Crippen LogP contribution in [0.5, 0.6) is 0 Å². The predicted molar refractivity (Wildman–Crippen MR) is 72.4 cm³/mol. The molecule has 0 saturated heterocycles. The second-order valence-corrected chi connectivity index (χ2v) is 4.60. The Labute approximate surface area is 116 Å². The summed E-state index contributed by atoms with van der Waals surface area (Å²) in [5, 5.41) is 18.0. The highest BCUT2D eigenvalue weighted by molar-refractivity contribution is 6.34. The lowest BCUT2D eigenvalue weighted by molar-refractivity contribution is -0.135. The summed E-state index contributed by atoms with van der Waals surface area (Å²) in [4.78, 5) is 18.5. The van der Waals surface area contributed by atoms with Crippen LogP contribution in [0.15, 0.2) is 12.3 Å². The minimum atomic E-state index is -0.973. The molecule has 1 aromatic rings. The number of likely N-dealkylation sites (N-methyl/N-ethyl adjacent to an activating group) is 1. The van der Waals surface area contributed by atoms with E-state index in [1.165, 1.54) is 12.3 Å². The van der Waals surface area contributed by atoms with Crippen LogP contribution in [0.2, 0.25) is 5.02 Å². The molecule has 0 aliphatic heterocycles. The van der Waals surface area contributed by atoms with Crippen molar-refractivity contribution in [2.75, 3.05) is 38.6 Å². The third-order valence-corrected chi connectivity index (χ3v) is 2.81. The van der Waals surface area contributed by atoms with E-state index in [-0.39, 0.29) is 17.1 Å². The van der Waals surface area contributed by atoms with Gasteiger partial charge in [-0.25, -0.2) is 4.98 Å². The van der Waals surface area contributed by atoms with Gasteiger partial charge in [-0.2, -0.15) is 5.26 Å². The number of nitrogens with zero attached hydrogens (tertiary/aromatic N) is 4. The van der Waals surface area contributed by atoms with Crippen LogP contribution in [0.1, 0.15) is 5.56 Å². The van der Waals surface area contributed by atoms with Crippen molar-refractivity contribution in [1.82, 2.24) is 9.88 Å². The predicted octanol–water partition coefficient (Wildman–Crippen LogP) is 1.06. The quantitative estimate of drug-likeness (QED) is 0.840. The number of halogens is 1. The van der Waals surface area contributed by atoms with Gasteiger partial charge in [-0.15, -0.1) is 0 Å². The molecule has 0 spiro atoms. The number of carbonyl (C=O) groups is 1. The van der Waals surface area contributed by atoms with E-state index in [0.717, 1.165) is 0 Å². The number of pyridine rings is 1. The second kappa shape index (κ2) is 6.92. The Morgan fingerprint density at radius 1 is 1.53 bits per heavy atom. The number of hydrogen-bond acceptors (Lipinski definition) is 5. The lowest BCUT2D eigenvalue weighted by atomic mass is 10.2. The molecule has 0 amide bonds. The first-order valence-electron chi connectivity index (χ1n) is 5.61. The smallest absolute Gasteiger partial charge is 0.323 e. The van der Waals surface area contributed by atoms with Crippen LogP contribution in [-0.2, 0) is 4.79 Å². The van der Waals surface area contributed by atoms with Gasteiger partial charge in [0.15, 0.2) is 0 Å². The van der Waals surface area contributed by atoms with E-state index in [2.05, 4.69) is 4.98 Å². The Bertz CT molecular complexity index is 499. The van der Waals surface area contributed by atoms with Gasteiger partial charge < -0.3 is 14.9 Å². The van der Waals surface area contributed by atoms with Gasteiger partial charge in [0.1, 0.15) is 23.5 Å². The van der Waals surface area contributed by atoms with Crippen LogP contribution < -0.4 is 4.90 Å². The number of hydrogen-bond donors (Lipinski definition) is 1. The fourth-order valence-electron chi connectivity index (χ4n) is 1.48. The molecule has 1 rings (SSSR count). The average molecular weight is 283 g/mol. The SMILES string of the molecule is CN(C)CCN(CC(=O)O)c1nccc(C#N)c1Cl. The first-order valence-corrected chi connectivity index (χ1v) is 5.99. The molecule has 0 aliphatic carbocycles. The van der Waals surface area contributed by atoms with E-state index in [1.54, 1.807) is 4.90 Å². The van der Waals surface area contributed by atoms with E-state index in [1.807, 2.05) is 25.1 Å². The maximum Gasteiger partial charge on any atom is 0.323 e. The number of carboxylic acids is 1. The number of carboxylic acid groups (broad SMARTS) is 1. The molecular weight excluding hydrogens is 268 g/mol. The average Bonchev–Trinajstić information content (AvgIpc) is 2.34. The number of anilines is 1. The van der Waals surface area contributed by atoms with Crippen molar-refractivity contribution >= 4 is 23.4 Å². The maximum absolute atomic E-state index is 10.9. The minimum absolute atomic E-state index is 0.185. The summed E-state index contributed by atoms with van der Waals surface area (Å²) in [6.45, 7) is 0.901. The van der Waals surface area contributed by atoms with Crippen molar-refractivity contribution in [3.63, 3.8) is 0 Å². The molecule has 0 unspecified atom stereocenters. The molecule has 19 heavy (non-hydrogen) atoms. The first-order chi connectivity index (χ1) is 8.95. The van der Waals surface area contributed by atoms with Crippen molar-refractivity contribution in [2.45, 2.75) is 0 Å². The molecular formula is C12H15ClN4O2. The zero-order valence-corrected chi connectivity index (χ0v) is 11.6. The molecule has 6 nitrogen and oxygen atoms in total. The second-order valence-electron chi connectivity index (χ2n) is 4.23. The summed E-state index contributed by atoms with van der Waals surface area (Å²) < 4.78 is 0. The van der Waals surface area contributed by atoms with Crippen LogP contribution in [0, 0.1) is 11.3 Å².